The maximum absolute atomic E-state index is 13.8. The summed E-state index contributed by atoms with van der Waals surface area (Å²) in [5.74, 6) is 1.07. The van der Waals surface area contributed by atoms with Crippen molar-refractivity contribution in [3.63, 3.8) is 0 Å². The normalized spacial score (nSPS) is 27.5. The van der Waals surface area contributed by atoms with Crippen molar-refractivity contribution in [3.05, 3.63) is 227 Å². The Morgan fingerprint density at radius 1 is 0.431 bits per heavy atom. The van der Waals surface area contributed by atoms with Gasteiger partial charge in [0, 0.05) is 122 Å². The number of Topliss-reactive ketones (excluding diaryl/α,β-unsaturated/α-hetero) is 3. The molecule has 32 heteroatoms. The molecule has 12 fully saturated rings. The predicted octanol–water partition coefficient (Wildman–Crippen LogP) is 16.4. The molecule has 130 heavy (non-hydrogen) atoms. The lowest BCUT2D eigenvalue weighted by molar-refractivity contribution is -0.177. The van der Waals surface area contributed by atoms with Gasteiger partial charge in [0.15, 0.2) is 54.3 Å². The van der Waals surface area contributed by atoms with E-state index in [4.69, 9.17) is 95.9 Å². The highest BCUT2D eigenvalue weighted by Crippen LogP contribution is 2.71. The number of likely N-dealkylation sites (N-methyl/N-ethyl adjacent to an activating group) is 1. The number of aliphatic hydroxyl groups excluding tert-OH is 1. The zero-order chi connectivity index (χ0) is 91.9. The highest BCUT2D eigenvalue weighted by Gasteiger charge is 2.72. The Morgan fingerprint density at radius 3 is 1.45 bits per heavy atom. The topological polar surface area (TPSA) is 294 Å². The molecule has 8 bridgehead atoms. The Balaban J connectivity index is 0.000000121. The summed E-state index contributed by atoms with van der Waals surface area (Å²) in [5.41, 5.74) is 4.63. The summed E-state index contributed by atoms with van der Waals surface area (Å²) in [6, 6.07) is 37.0. The van der Waals surface area contributed by atoms with E-state index in [1.807, 2.05) is 56.1 Å². The largest absolute Gasteiger partial charge is 0.486 e. The molecule has 0 aromatic heterocycles. The van der Waals surface area contributed by atoms with Crippen LogP contribution in [-0.4, -0.2) is 144 Å². The molecule has 12 aliphatic carbocycles. The van der Waals surface area contributed by atoms with E-state index in [1.165, 1.54) is 30.3 Å². The van der Waals surface area contributed by atoms with Gasteiger partial charge in [0.05, 0.1) is 11.1 Å². The monoisotopic (exact) mass is 1880 g/mol. The summed E-state index contributed by atoms with van der Waals surface area (Å²) in [6.07, 6.45) is 9.00. The van der Waals surface area contributed by atoms with Crippen LogP contribution in [0.2, 0.25) is 25.1 Å². The number of carbonyl (C=O) groups excluding carboxylic acids is 8. The molecule has 16 aliphatic rings. The number of aryl methyl sites for hydroxylation is 5. The third kappa shape index (κ3) is 19.4. The van der Waals surface area contributed by atoms with Crippen molar-refractivity contribution in [1.29, 1.82) is 0 Å². The molecule has 5 amide bonds. The second kappa shape index (κ2) is 35.5. The fourth-order valence-corrected chi connectivity index (χ4v) is 22.4. The van der Waals surface area contributed by atoms with Gasteiger partial charge in [-0.2, -0.15) is 0 Å². The van der Waals surface area contributed by atoms with E-state index in [9.17, 15) is 61.0 Å². The van der Waals surface area contributed by atoms with E-state index in [0.717, 1.165) is 72.5 Å². The average molecular weight is 1880 g/mol. The fraction of sp³-hybridized carbons (Fsp3) is 0.429. The van der Waals surface area contributed by atoms with Crippen LogP contribution in [0.25, 0.3) is 0 Å². The lowest BCUT2D eigenvalue weighted by atomic mass is 9.38. The minimum absolute atomic E-state index is 0.00387. The van der Waals surface area contributed by atoms with Crippen molar-refractivity contribution in [2.24, 2.45) is 16.2 Å². The van der Waals surface area contributed by atoms with Crippen molar-refractivity contribution >= 4 is 111 Å². The molecule has 0 radical (unpaired) electrons. The second-order valence-corrected chi connectivity index (χ2v) is 40.2. The molecule has 24 rings (SSSR count). The number of aliphatic hydroxyl groups is 1. The van der Waals surface area contributed by atoms with Crippen LogP contribution in [0.4, 0.5) is 23.2 Å². The van der Waals surface area contributed by atoms with Crippen molar-refractivity contribution < 1.29 is 98.9 Å². The number of nitrogens with one attached hydrogen (secondary N) is 5. The summed E-state index contributed by atoms with van der Waals surface area (Å²) in [5, 5.41) is 28.3. The van der Waals surface area contributed by atoms with Crippen LogP contribution in [0, 0.1) is 67.2 Å². The van der Waals surface area contributed by atoms with Gasteiger partial charge in [-0.15, -0.1) is 0 Å². The van der Waals surface area contributed by atoms with Gasteiger partial charge in [0.2, 0.25) is 12.0 Å². The minimum Gasteiger partial charge on any atom is -0.486 e. The number of carbonyl (C=O) groups is 8. The van der Waals surface area contributed by atoms with E-state index >= 15 is 0 Å². The van der Waals surface area contributed by atoms with Gasteiger partial charge in [-0.3, -0.25) is 38.4 Å². The molecule has 684 valence electrons. The Morgan fingerprint density at radius 2 is 0.892 bits per heavy atom. The Kier molecular flexibility index (Phi) is 25.0. The second-order valence-electron chi connectivity index (χ2n) is 38.1. The van der Waals surface area contributed by atoms with E-state index < -0.39 is 36.1 Å². The first-order valence-electron chi connectivity index (χ1n) is 43.3. The van der Waals surface area contributed by atoms with Crippen LogP contribution in [0.3, 0.4) is 0 Å². The van der Waals surface area contributed by atoms with E-state index in [1.54, 1.807) is 86.6 Å². The average Bonchev–Trinajstić information content (AvgIpc) is 1.02. The Hall–Kier alpha value is -10.6. The molecule has 8 aromatic rings. The van der Waals surface area contributed by atoms with Gasteiger partial charge >= 0.3 is 0 Å². The number of halogens is 9. The van der Waals surface area contributed by atoms with Gasteiger partial charge in [-0.05, 0) is 270 Å². The summed E-state index contributed by atoms with van der Waals surface area (Å²) in [7, 11) is 1.92. The van der Waals surface area contributed by atoms with E-state index in [2.05, 4.69) is 26.6 Å². The Bertz CT molecular complexity index is 5670. The van der Waals surface area contributed by atoms with Gasteiger partial charge in [0.1, 0.15) is 83.6 Å². The molecule has 1 unspecified atom stereocenters. The summed E-state index contributed by atoms with van der Waals surface area (Å²) < 4.78 is 99.3. The van der Waals surface area contributed by atoms with Gasteiger partial charge in [0.25, 0.3) is 23.6 Å². The van der Waals surface area contributed by atoms with Crippen LogP contribution < -0.4 is 69.4 Å². The molecule has 6 N–H and O–H groups in total. The molecule has 4 aliphatic heterocycles. The lowest BCUT2D eigenvalue weighted by Crippen LogP contribution is -2.84. The number of rotatable bonds is 27. The first-order chi connectivity index (χ1) is 61.7. The number of anilines is 1. The first kappa shape index (κ1) is 91.3. The number of ketones is 3. The van der Waals surface area contributed by atoms with Crippen molar-refractivity contribution in [1.82, 2.24) is 26.6 Å². The smallest absolute Gasteiger partial charge is 0.265 e. The first-order valence-corrected chi connectivity index (χ1v) is 45.2. The van der Waals surface area contributed by atoms with Crippen LogP contribution >= 0.6 is 58.0 Å². The minimum atomic E-state index is -0.962. The molecule has 0 spiro atoms. The third-order valence-electron chi connectivity index (χ3n) is 27.4. The SMILES string of the molecule is Cc1cc(OCC(=O)CC23CC(NC(=O)[C@H]4CCc5cc(F)ccc5O4)(C2)C3)ccc1Cl.Cc1cc(OCC(=O)CC23CC(NC(=O)[C@H]4COc5cc(Cl)ccc5O4)(C2)C3)ccc1Cl.Cc1ccc(OCC(=O)NC23CC(CC(=O)[C@@H]4C[C@H](O)c5cc(Cl)c(F)cc5O4)(C2)C3)cc1F.Cc1ccc(OCC(=O)NC23CC(NC(=O)C4Cc5cc(Cl)ccc5N4C)(C2)C3)cc1F. The lowest BCUT2D eigenvalue weighted by Gasteiger charge is -2.70. The standard InChI is InChI=1S/C25H24ClF2NO5.C25H25ClFNO4.C24H23Cl2NO5.C24H25ClFN3O3/c1-13-2-3-14(4-17(13)27)33-9-23(32)29-25-10-24(11-25,12-25)8-20(31)22-7-19(30)15-5-16(26)18(28)6-21(15)34-22;1-15-8-19(4-5-20(15)26)31-11-18(29)10-24-12-25(13-24,14-24)28-23(30)22-6-2-16-9-17(27)3-7-21(16)32-22;1-14-6-17(3-4-18(14)26)30-9-16(28)8-23-11-24(12-23,13-23)27-22(29)21-10-31-20-7-15(25)2-5-19(20)32-21;1-14-3-5-17(9-18(14)26)32-10-21(30)27-23-11-24(12-23,13-23)28-22(31)20-8-15-7-16(25)4-6-19(15)29(20)2/h2-6,19,22,30H,7-12H2,1H3,(H,29,32);3-5,7-9,22H,2,6,10-14H2,1H3,(H,28,30);2-7,21H,8-13H2,1H3,(H,27,29);3-7,9,20H,8,10-13H2,1-2H3,(H,27,30)(H,28,31)/t19-,22-,24?,25?;22-,24?,25?;21-,23?,24?;/m011./s1. The number of fused-ring (bicyclic) bond motifs is 4. The number of benzene rings is 8. The molecular weight excluding hydrogens is 1790 g/mol. The molecule has 12 saturated carbocycles. The zero-order valence-corrected chi connectivity index (χ0v) is 75.7. The summed E-state index contributed by atoms with van der Waals surface area (Å²) in [4.78, 5) is 103. The van der Waals surface area contributed by atoms with Crippen molar-refractivity contribution in [2.75, 3.05) is 45.0 Å². The number of hydrogen-bond acceptors (Lipinski definition) is 18. The molecule has 4 heterocycles. The maximum atomic E-state index is 13.8. The third-order valence-corrected chi connectivity index (χ3v) is 29.0. The predicted molar refractivity (Wildman–Crippen MR) is 476 cm³/mol. The molecule has 23 nitrogen and oxygen atoms in total. The van der Waals surface area contributed by atoms with Gasteiger partial charge < -0.3 is 74.5 Å². The number of ether oxygens (including phenoxy) is 8. The number of hydrogen-bond donors (Lipinski definition) is 6. The summed E-state index contributed by atoms with van der Waals surface area (Å²) >= 11 is 29.9. The number of nitrogens with zero attached hydrogens (tertiary/aromatic N) is 1. The number of amides is 5. The maximum Gasteiger partial charge on any atom is 0.265 e. The molecular formula is C98H97Cl5F4N6O17. The van der Waals surface area contributed by atoms with Gasteiger partial charge in [-0.1, -0.05) is 70.1 Å². The fourth-order valence-electron chi connectivity index (χ4n) is 21.7. The van der Waals surface area contributed by atoms with Crippen molar-refractivity contribution in [2.45, 2.75) is 208 Å². The van der Waals surface area contributed by atoms with Crippen LogP contribution in [0.15, 0.2) is 140 Å². The Labute approximate surface area is 773 Å². The summed E-state index contributed by atoms with van der Waals surface area (Å²) in [6.45, 7) is 6.93. The van der Waals surface area contributed by atoms with E-state index in [-0.39, 0.29) is 171 Å². The highest BCUT2D eigenvalue weighted by molar-refractivity contribution is 6.32. The van der Waals surface area contributed by atoms with Crippen LogP contribution in [0.1, 0.15) is 154 Å². The van der Waals surface area contributed by atoms with Crippen LogP contribution in [0.5, 0.6) is 46.0 Å². The quantitative estimate of drug-likeness (QED) is 0.0261. The molecule has 8 aromatic carbocycles. The molecule has 0 saturated heterocycles. The molecule has 5 atom stereocenters. The highest BCUT2D eigenvalue weighted by atomic mass is 35.5. The van der Waals surface area contributed by atoms with Crippen LogP contribution in [-0.2, 0) is 51.2 Å². The zero-order valence-electron chi connectivity index (χ0n) is 72.0. The van der Waals surface area contributed by atoms with Gasteiger partial charge in [-0.25, -0.2) is 17.6 Å². The van der Waals surface area contributed by atoms with Crippen molar-refractivity contribution in [3.8, 4) is 46.0 Å². The van der Waals surface area contributed by atoms with E-state index in [0.29, 0.717) is 142 Å².